The van der Waals surface area contributed by atoms with E-state index in [-0.39, 0.29) is 11.2 Å². The van der Waals surface area contributed by atoms with Gasteiger partial charge in [0, 0.05) is 29.6 Å². The predicted octanol–water partition coefficient (Wildman–Crippen LogP) is 3.25. The molecule has 0 spiro atoms. The van der Waals surface area contributed by atoms with Gasteiger partial charge in [0.2, 0.25) is 0 Å². The first-order valence-corrected chi connectivity index (χ1v) is 7.35. The summed E-state index contributed by atoms with van der Waals surface area (Å²) < 4.78 is 0. The second kappa shape index (κ2) is 6.13. The molecule has 0 fully saturated rings. The largest absolute Gasteiger partial charge is 0.298 e. The minimum atomic E-state index is -0.325. The molecule has 2 heterocycles. The van der Waals surface area contributed by atoms with Gasteiger partial charge in [-0.15, -0.1) is 0 Å². The Balaban J connectivity index is 2.10. The SMILES string of the molecule is CC(C)(C)C(=O)CSc1nccc(-c2cccnc2)n1. The lowest BCUT2D eigenvalue weighted by atomic mass is 9.92. The summed E-state index contributed by atoms with van der Waals surface area (Å²) in [4.78, 5) is 24.6. The number of ketones is 1. The van der Waals surface area contributed by atoms with Gasteiger partial charge >= 0.3 is 0 Å². The van der Waals surface area contributed by atoms with E-state index in [4.69, 9.17) is 0 Å². The van der Waals surface area contributed by atoms with Gasteiger partial charge < -0.3 is 0 Å². The molecule has 0 aliphatic rings. The molecule has 2 aromatic heterocycles. The monoisotopic (exact) mass is 287 g/mol. The van der Waals surface area contributed by atoms with Crippen LogP contribution in [0.4, 0.5) is 0 Å². The average molecular weight is 287 g/mol. The second-order valence-electron chi connectivity index (χ2n) is 5.43. The van der Waals surface area contributed by atoms with Gasteiger partial charge in [0.25, 0.3) is 0 Å². The fourth-order valence-corrected chi connectivity index (χ4v) is 2.42. The van der Waals surface area contributed by atoms with E-state index in [9.17, 15) is 4.79 Å². The van der Waals surface area contributed by atoms with Crippen molar-refractivity contribution in [3.05, 3.63) is 36.8 Å². The van der Waals surface area contributed by atoms with Crippen molar-refractivity contribution >= 4 is 17.5 Å². The van der Waals surface area contributed by atoms with Crippen LogP contribution in [0.15, 0.2) is 41.9 Å². The molecule has 0 aliphatic heterocycles. The number of aromatic nitrogens is 3. The number of thioether (sulfide) groups is 1. The van der Waals surface area contributed by atoms with E-state index in [0.29, 0.717) is 10.9 Å². The Morgan fingerprint density at radius 1 is 1.25 bits per heavy atom. The van der Waals surface area contributed by atoms with Crippen molar-refractivity contribution in [3.8, 4) is 11.3 Å². The molecule has 0 atom stereocenters. The topological polar surface area (TPSA) is 55.7 Å². The van der Waals surface area contributed by atoms with Crippen LogP contribution in [0.5, 0.6) is 0 Å². The van der Waals surface area contributed by atoms with Gasteiger partial charge in [0.1, 0.15) is 5.78 Å². The van der Waals surface area contributed by atoms with Gasteiger partial charge in [0.15, 0.2) is 5.16 Å². The van der Waals surface area contributed by atoms with Gasteiger partial charge in [-0.05, 0) is 18.2 Å². The third kappa shape index (κ3) is 3.87. The molecule has 0 saturated heterocycles. The Kier molecular flexibility index (Phi) is 4.49. The van der Waals surface area contributed by atoms with Crippen LogP contribution in [0.25, 0.3) is 11.3 Å². The third-order valence-corrected chi connectivity index (χ3v) is 3.62. The van der Waals surface area contributed by atoms with Gasteiger partial charge in [-0.25, -0.2) is 9.97 Å². The molecule has 2 rings (SSSR count). The Morgan fingerprint density at radius 3 is 2.70 bits per heavy atom. The lowest BCUT2D eigenvalue weighted by Gasteiger charge is -2.15. The molecule has 0 bridgehead atoms. The molecule has 0 saturated carbocycles. The van der Waals surface area contributed by atoms with Crippen molar-refractivity contribution in [2.24, 2.45) is 5.41 Å². The number of pyridine rings is 1. The van der Waals surface area contributed by atoms with E-state index in [1.54, 1.807) is 18.6 Å². The molecule has 5 heteroatoms. The molecule has 104 valence electrons. The van der Waals surface area contributed by atoms with E-state index in [2.05, 4.69) is 15.0 Å². The lowest BCUT2D eigenvalue weighted by molar-refractivity contribution is -0.123. The van der Waals surface area contributed by atoms with E-state index in [0.717, 1.165) is 11.3 Å². The van der Waals surface area contributed by atoms with E-state index in [1.807, 2.05) is 39.0 Å². The zero-order valence-electron chi connectivity index (χ0n) is 11.8. The molecule has 0 aromatic carbocycles. The quantitative estimate of drug-likeness (QED) is 0.638. The van der Waals surface area contributed by atoms with Crippen LogP contribution < -0.4 is 0 Å². The Bertz CT molecular complexity index is 594. The molecule has 2 aromatic rings. The molecule has 4 nitrogen and oxygen atoms in total. The summed E-state index contributed by atoms with van der Waals surface area (Å²) in [7, 11) is 0. The van der Waals surface area contributed by atoms with Crippen LogP contribution in [0.1, 0.15) is 20.8 Å². The standard InChI is InChI=1S/C15H17N3OS/c1-15(2,3)13(19)10-20-14-17-8-6-12(18-14)11-5-4-7-16-9-11/h4-9H,10H2,1-3H3. The average Bonchev–Trinajstić information content (AvgIpc) is 2.45. The summed E-state index contributed by atoms with van der Waals surface area (Å²) in [5.74, 6) is 0.581. The Morgan fingerprint density at radius 2 is 2.05 bits per heavy atom. The molecular weight excluding hydrogens is 270 g/mol. The fourth-order valence-electron chi connectivity index (χ4n) is 1.43. The number of nitrogens with zero attached hydrogens (tertiary/aromatic N) is 3. The maximum atomic E-state index is 11.9. The Hall–Kier alpha value is -1.75. The molecule has 0 N–H and O–H groups in total. The van der Waals surface area contributed by atoms with E-state index < -0.39 is 0 Å². The summed E-state index contributed by atoms with van der Waals surface area (Å²) in [5.41, 5.74) is 1.44. The highest BCUT2D eigenvalue weighted by Gasteiger charge is 2.21. The minimum absolute atomic E-state index is 0.192. The van der Waals surface area contributed by atoms with Gasteiger partial charge in [-0.2, -0.15) is 0 Å². The molecular formula is C15H17N3OS. The maximum Gasteiger partial charge on any atom is 0.188 e. The number of hydrogen-bond acceptors (Lipinski definition) is 5. The number of carbonyl (C=O) groups excluding carboxylic acids is 1. The summed E-state index contributed by atoms with van der Waals surface area (Å²) in [6.07, 6.45) is 5.19. The minimum Gasteiger partial charge on any atom is -0.298 e. The first-order chi connectivity index (χ1) is 9.47. The predicted molar refractivity (Wildman–Crippen MR) is 80.4 cm³/mol. The highest BCUT2D eigenvalue weighted by molar-refractivity contribution is 7.99. The second-order valence-corrected chi connectivity index (χ2v) is 6.37. The van der Waals surface area contributed by atoms with Gasteiger partial charge in [-0.3, -0.25) is 9.78 Å². The van der Waals surface area contributed by atoms with Crippen molar-refractivity contribution in [3.63, 3.8) is 0 Å². The normalized spacial score (nSPS) is 11.3. The lowest BCUT2D eigenvalue weighted by Crippen LogP contribution is -2.22. The van der Waals surface area contributed by atoms with Crippen LogP contribution in [0, 0.1) is 5.41 Å². The van der Waals surface area contributed by atoms with Crippen LogP contribution in [-0.4, -0.2) is 26.5 Å². The van der Waals surface area contributed by atoms with Crippen molar-refractivity contribution in [2.75, 3.05) is 5.75 Å². The van der Waals surface area contributed by atoms with Crippen molar-refractivity contribution in [2.45, 2.75) is 25.9 Å². The number of hydrogen-bond donors (Lipinski definition) is 0. The van der Waals surface area contributed by atoms with E-state index in [1.165, 1.54) is 11.8 Å². The van der Waals surface area contributed by atoms with Crippen molar-refractivity contribution in [1.29, 1.82) is 0 Å². The molecule has 0 aliphatic carbocycles. The summed E-state index contributed by atoms with van der Waals surface area (Å²) in [6.45, 7) is 5.76. The Labute approximate surface area is 123 Å². The van der Waals surface area contributed by atoms with Gasteiger partial charge in [0.05, 0.1) is 11.4 Å². The van der Waals surface area contributed by atoms with Crippen LogP contribution in [0.2, 0.25) is 0 Å². The van der Waals surface area contributed by atoms with E-state index >= 15 is 0 Å². The third-order valence-electron chi connectivity index (χ3n) is 2.76. The smallest absolute Gasteiger partial charge is 0.188 e. The van der Waals surface area contributed by atoms with Crippen molar-refractivity contribution < 1.29 is 4.79 Å². The summed E-state index contributed by atoms with van der Waals surface area (Å²) in [6, 6.07) is 5.66. The molecule has 0 unspecified atom stereocenters. The first kappa shape index (κ1) is 14.7. The summed E-state index contributed by atoms with van der Waals surface area (Å²) >= 11 is 1.37. The molecule has 20 heavy (non-hydrogen) atoms. The maximum absolute atomic E-state index is 11.9. The van der Waals surface area contributed by atoms with Crippen LogP contribution in [0.3, 0.4) is 0 Å². The highest BCUT2D eigenvalue weighted by atomic mass is 32.2. The van der Waals surface area contributed by atoms with Crippen LogP contribution >= 0.6 is 11.8 Å². The zero-order valence-corrected chi connectivity index (χ0v) is 12.6. The highest BCUT2D eigenvalue weighted by Crippen LogP contribution is 2.22. The number of carbonyl (C=O) groups is 1. The number of Topliss-reactive ketones (excluding diaryl/α,β-unsaturated/α-hetero) is 1. The summed E-state index contributed by atoms with van der Waals surface area (Å²) in [5, 5.41) is 0.615. The molecule has 0 radical (unpaired) electrons. The van der Waals surface area contributed by atoms with Gasteiger partial charge in [-0.1, -0.05) is 32.5 Å². The zero-order chi connectivity index (χ0) is 14.6. The van der Waals surface area contributed by atoms with Crippen molar-refractivity contribution in [1.82, 2.24) is 15.0 Å². The fraction of sp³-hybridized carbons (Fsp3) is 0.333. The first-order valence-electron chi connectivity index (χ1n) is 6.36. The molecule has 0 amide bonds. The number of rotatable bonds is 4. The van der Waals surface area contributed by atoms with Crippen LogP contribution in [-0.2, 0) is 4.79 Å².